The number of hydrogen-bond acceptors (Lipinski definition) is 2. The molecule has 1 atom stereocenters. The highest BCUT2D eigenvalue weighted by Gasteiger charge is 2.41. The summed E-state index contributed by atoms with van der Waals surface area (Å²) >= 11 is 8.53. The fourth-order valence-electron chi connectivity index (χ4n) is 3.70. The van der Waals surface area contributed by atoms with Gasteiger partial charge in [0.05, 0.1) is 5.69 Å². The molecule has 20 heavy (non-hydrogen) atoms. The van der Waals surface area contributed by atoms with Crippen LogP contribution >= 0.6 is 34.2 Å². The predicted molar refractivity (Wildman–Crippen MR) is 94.8 cm³/mol. The van der Waals surface area contributed by atoms with E-state index in [9.17, 15) is 0 Å². The van der Waals surface area contributed by atoms with Crippen LogP contribution in [-0.2, 0) is 0 Å². The van der Waals surface area contributed by atoms with Gasteiger partial charge in [-0.15, -0.1) is 0 Å². The van der Waals surface area contributed by atoms with Gasteiger partial charge in [0.25, 0.3) is 0 Å². The monoisotopic (exact) mass is 404 g/mol. The number of halogens is 2. The van der Waals surface area contributed by atoms with Crippen molar-refractivity contribution >= 4 is 39.9 Å². The molecule has 1 unspecified atom stereocenters. The Balaban J connectivity index is 1.90. The van der Waals surface area contributed by atoms with Crippen molar-refractivity contribution in [3.8, 4) is 0 Å². The van der Waals surface area contributed by atoms with Crippen molar-refractivity contribution in [2.24, 2.45) is 0 Å². The second-order valence-corrected chi connectivity index (χ2v) is 7.75. The van der Waals surface area contributed by atoms with Gasteiger partial charge in [-0.1, -0.05) is 31.4 Å². The minimum absolute atomic E-state index is 0.356. The Morgan fingerprint density at radius 1 is 1.40 bits per heavy atom. The maximum Gasteiger partial charge on any atom is 0.0506 e. The van der Waals surface area contributed by atoms with Crippen LogP contribution in [0.5, 0.6) is 0 Å². The molecule has 0 bridgehead atoms. The average Bonchev–Trinajstić information content (AvgIpc) is 2.87. The summed E-state index contributed by atoms with van der Waals surface area (Å²) in [5.41, 5.74) is 1.71. The first kappa shape index (κ1) is 14.9. The molecule has 1 aliphatic carbocycles. The van der Waals surface area contributed by atoms with E-state index in [-0.39, 0.29) is 0 Å². The zero-order valence-corrected chi connectivity index (χ0v) is 14.9. The minimum atomic E-state index is 0.356. The number of anilines is 1. The van der Waals surface area contributed by atoms with Crippen molar-refractivity contribution in [2.75, 3.05) is 18.0 Å². The molecule has 0 radical (unpaired) electrons. The largest absolute Gasteiger partial charge is 0.365 e. The lowest BCUT2D eigenvalue weighted by Gasteiger charge is -2.47. The summed E-state index contributed by atoms with van der Waals surface area (Å²) < 4.78 is 1.27. The summed E-state index contributed by atoms with van der Waals surface area (Å²) in [6.07, 6.45) is 6.57. The molecule has 2 fully saturated rings. The zero-order valence-electron chi connectivity index (χ0n) is 12.0. The van der Waals surface area contributed by atoms with Crippen LogP contribution in [-0.4, -0.2) is 24.7 Å². The minimum Gasteiger partial charge on any atom is -0.365 e. The number of nitrogens with one attached hydrogen (secondary N) is 1. The second-order valence-electron chi connectivity index (χ2n) is 6.15. The quantitative estimate of drug-likeness (QED) is 0.733. The third-order valence-corrected chi connectivity index (χ3v) is 5.98. The molecule has 1 aromatic carbocycles. The van der Waals surface area contributed by atoms with Crippen LogP contribution in [0.1, 0.15) is 39.0 Å². The van der Waals surface area contributed by atoms with Crippen molar-refractivity contribution < 1.29 is 0 Å². The van der Waals surface area contributed by atoms with Gasteiger partial charge in [-0.2, -0.15) is 0 Å². The van der Waals surface area contributed by atoms with Gasteiger partial charge in [0.15, 0.2) is 0 Å². The van der Waals surface area contributed by atoms with E-state index in [4.69, 9.17) is 11.6 Å². The Morgan fingerprint density at radius 3 is 2.80 bits per heavy atom. The summed E-state index contributed by atoms with van der Waals surface area (Å²) in [4.78, 5) is 2.62. The average molecular weight is 405 g/mol. The normalized spacial score (nSPS) is 25.4. The van der Waals surface area contributed by atoms with Crippen LogP contribution in [0.3, 0.4) is 0 Å². The topological polar surface area (TPSA) is 15.3 Å². The Bertz CT molecular complexity index is 485. The second kappa shape index (κ2) is 6.01. The molecule has 1 N–H and O–H groups in total. The lowest BCUT2D eigenvalue weighted by atomic mass is 9.91. The molecule has 3 rings (SSSR count). The Kier molecular flexibility index (Phi) is 4.48. The lowest BCUT2D eigenvalue weighted by molar-refractivity contribution is 0.267. The van der Waals surface area contributed by atoms with Crippen LogP contribution in [0.4, 0.5) is 5.69 Å². The molecule has 1 aliphatic heterocycles. The van der Waals surface area contributed by atoms with Gasteiger partial charge >= 0.3 is 0 Å². The summed E-state index contributed by atoms with van der Waals surface area (Å²) in [7, 11) is 0. The fourth-order valence-corrected chi connectivity index (χ4v) is 4.88. The van der Waals surface area contributed by atoms with Gasteiger partial charge in [0.2, 0.25) is 0 Å². The molecular formula is C16H22ClIN2. The van der Waals surface area contributed by atoms with Crippen LogP contribution < -0.4 is 10.2 Å². The Morgan fingerprint density at radius 2 is 2.15 bits per heavy atom. The van der Waals surface area contributed by atoms with E-state index in [1.807, 2.05) is 6.07 Å². The number of rotatable bonds is 2. The van der Waals surface area contributed by atoms with Gasteiger partial charge in [0, 0.05) is 33.3 Å². The van der Waals surface area contributed by atoms with E-state index >= 15 is 0 Å². The van der Waals surface area contributed by atoms with Crippen LogP contribution in [0.15, 0.2) is 18.2 Å². The third-order valence-electron chi connectivity index (χ3n) is 4.88. The maximum atomic E-state index is 6.11. The van der Waals surface area contributed by atoms with E-state index in [1.165, 1.54) is 41.4 Å². The van der Waals surface area contributed by atoms with Crippen molar-refractivity contribution in [3.63, 3.8) is 0 Å². The van der Waals surface area contributed by atoms with Crippen LogP contribution in [0.2, 0.25) is 5.02 Å². The first-order valence-corrected chi connectivity index (χ1v) is 9.06. The predicted octanol–water partition coefficient (Wildman–Crippen LogP) is 4.45. The van der Waals surface area contributed by atoms with E-state index in [0.717, 1.165) is 18.1 Å². The summed E-state index contributed by atoms with van der Waals surface area (Å²) in [5.74, 6) is 0. The fraction of sp³-hybridized carbons (Fsp3) is 0.625. The highest BCUT2D eigenvalue weighted by Crippen LogP contribution is 2.37. The Hall–Kier alpha value is -0.000000000000000111. The van der Waals surface area contributed by atoms with Gasteiger partial charge in [-0.05, 0) is 60.1 Å². The molecule has 1 spiro atoms. The number of nitrogens with zero attached hydrogens (tertiary/aromatic N) is 1. The molecule has 4 heteroatoms. The highest BCUT2D eigenvalue weighted by molar-refractivity contribution is 14.1. The van der Waals surface area contributed by atoms with Crippen LogP contribution in [0, 0.1) is 3.57 Å². The molecule has 0 aromatic heterocycles. The first-order chi connectivity index (χ1) is 9.63. The molecular weight excluding hydrogens is 383 g/mol. The number of benzene rings is 1. The highest BCUT2D eigenvalue weighted by atomic mass is 127. The van der Waals surface area contributed by atoms with Crippen molar-refractivity contribution in [3.05, 3.63) is 26.8 Å². The molecule has 1 aromatic rings. The zero-order chi connectivity index (χ0) is 14.2. The number of hydrogen-bond donors (Lipinski definition) is 1. The van der Waals surface area contributed by atoms with E-state index < -0.39 is 0 Å². The van der Waals surface area contributed by atoms with Crippen molar-refractivity contribution in [2.45, 2.75) is 50.6 Å². The summed E-state index contributed by atoms with van der Waals surface area (Å²) in [6, 6.07) is 6.89. The van der Waals surface area contributed by atoms with E-state index in [2.05, 4.69) is 51.9 Å². The molecule has 2 aliphatic rings. The van der Waals surface area contributed by atoms with Crippen molar-refractivity contribution in [1.29, 1.82) is 0 Å². The SMILES string of the molecule is CCC1CNC2(CCCC2)CN1c1ccc(Cl)cc1I. The standard InChI is InChI=1S/C16H22ClIN2/c1-2-13-10-19-16(7-3-4-8-16)11-20(13)15-6-5-12(17)9-14(15)18/h5-6,9,13,19H,2-4,7-8,10-11H2,1H3. The third kappa shape index (κ3) is 2.81. The smallest absolute Gasteiger partial charge is 0.0506 e. The molecule has 1 heterocycles. The van der Waals surface area contributed by atoms with Gasteiger partial charge in [-0.25, -0.2) is 0 Å². The van der Waals surface area contributed by atoms with E-state index in [0.29, 0.717) is 11.6 Å². The molecule has 0 amide bonds. The molecule has 1 saturated heterocycles. The molecule has 110 valence electrons. The van der Waals surface area contributed by atoms with Gasteiger partial charge in [0.1, 0.15) is 0 Å². The molecule has 2 nitrogen and oxygen atoms in total. The van der Waals surface area contributed by atoms with Crippen LogP contribution in [0.25, 0.3) is 0 Å². The lowest BCUT2D eigenvalue weighted by Crippen LogP contribution is -2.63. The summed E-state index contributed by atoms with van der Waals surface area (Å²) in [6.45, 7) is 4.53. The Labute approximate surface area is 140 Å². The molecule has 1 saturated carbocycles. The van der Waals surface area contributed by atoms with E-state index in [1.54, 1.807) is 0 Å². The van der Waals surface area contributed by atoms with Crippen molar-refractivity contribution in [1.82, 2.24) is 5.32 Å². The maximum absolute atomic E-state index is 6.11. The number of piperazine rings is 1. The summed E-state index contributed by atoms with van der Waals surface area (Å²) in [5, 5.41) is 4.69. The van der Waals surface area contributed by atoms with Gasteiger partial charge in [-0.3, -0.25) is 0 Å². The first-order valence-electron chi connectivity index (χ1n) is 7.60. The van der Waals surface area contributed by atoms with Gasteiger partial charge < -0.3 is 10.2 Å².